The van der Waals surface area contributed by atoms with E-state index in [0.717, 1.165) is 23.3 Å². The molecule has 0 aromatic heterocycles. The molecule has 2 aromatic carbocycles. The van der Waals surface area contributed by atoms with Gasteiger partial charge in [-0.3, -0.25) is 4.79 Å². The maximum Gasteiger partial charge on any atom is 0.261 e. The lowest BCUT2D eigenvalue weighted by molar-refractivity contribution is -0.128. The van der Waals surface area contributed by atoms with E-state index in [0.29, 0.717) is 6.42 Å². The summed E-state index contributed by atoms with van der Waals surface area (Å²) in [4.78, 5) is 12.6. The van der Waals surface area contributed by atoms with E-state index in [1.165, 1.54) is 5.56 Å². The van der Waals surface area contributed by atoms with E-state index in [-0.39, 0.29) is 11.9 Å². The largest absolute Gasteiger partial charge is 0.480 e. The summed E-state index contributed by atoms with van der Waals surface area (Å²) in [7, 11) is 0. The molecular weight excluding hydrogens is 298 g/mol. The molecule has 0 fully saturated rings. The zero-order valence-corrected chi connectivity index (χ0v) is 15.0. The minimum Gasteiger partial charge on any atom is -0.480 e. The summed E-state index contributed by atoms with van der Waals surface area (Å²) in [6, 6.07) is 16.1. The normalized spacial score (nSPS) is 13.2. The van der Waals surface area contributed by atoms with Crippen molar-refractivity contribution in [3.63, 3.8) is 0 Å². The molecule has 1 N–H and O–H groups in total. The summed E-state index contributed by atoms with van der Waals surface area (Å²) in [5.74, 6) is 0.687. The van der Waals surface area contributed by atoms with E-state index in [9.17, 15) is 4.79 Å². The van der Waals surface area contributed by atoms with Gasteiger partial charge < -0.3 is 10.1 Å². The lowest BCUT2D eigenvalue weighted by atomic mass is 10.0. The number of benzene rings is 2. The molecule has 0 bridgehead atoms. The van der Waals surface area contributed by atoms with Crippen LogP contribution in [0.4, 0.5) is 0 Å². The van der Waals surface area contributed by atoms with Gasteiger partial charge in [0.25, 0.3) is 5.91 Å². The van der Waals surface area contributed by atoms with Crippen molar-refractivity contribution in [3.05, 3.63) is 65.2 Å². The Balaban J connectivity index is 2.01. The monoisotopic (exact) mass is 325 g/mol. The molecule has 0 saturated heterocycles. The number of carbonyl (C=O) groups excluding carboxylic acids is 1. The first-order valence-electron chi connectivity index (χ1n) is 8.66. The van der Waals surface area contributed by atoms with Crippen LogP contribution in [0.15, 0.2) is 48.5 Å². The molecule has 1 amide bonds. The van der Waals surface area contributed by atoms with Crippen LogP contribution in [0.2, 0.25) is 0 Å². The highest BCUT2D eigenvalue weighted by Crippen LogP contribution is 2.20. The minimum absolute atomic E-state index is 0.0436. The molecular formula is C21H27NO2. The molecule has 0 saturated carbocycles. The first kappa shape index (κ1) is 18.1. The van der Waals surface area contributed by atoms with Gasteiger partial charge in [0.1, 0.15) is 5.75 Å². The molecule has 0 radical (unpaired) electrons. The van der Waals surface area contributed by atoms with E-state index in [4.69, 9.17) is 4.74 Å². The van der Waals surface area contributed by atoms with Crippen LogP contribution >= 0.6 is 0 Å². The Kier molecular flexibility index (Phi) is 6.42. The van der Waals surface area contributed by atoms with Gasteiger partial charge in [-0.05, 0) is 49.4 Å². The third-order valence-electron chi connectivity index (χ3n) is 4.27. The van der Waals surface area contributed by atoms with Gasteiger partial charge >= 0.3 is 0 Å². The SMILES string of the molecule is CCc1ccc(C(C)NC(=O)C(CC)Oc2ccccc2C)cc1. The lowest BCUT2D eigenvalue weighted by Crippen LogP contribution is -2.39. The van der Waals surface area contributed by atoms with Crippen molar-refractivity contribution in [3.8, 4) is 5.75 Å². The number of amides is 1. The van der Waals surface area contributed by atoms with E-state index in [1.807, 2.05) is 45.0 Å². The Labute approximate surface area is 145 Å². The van der Waals surface area contributed by atoms with Crippen molar-refractivity contribution in [2.24, 2.45) is 0 Å². The van der Waals surface area contributed by atoms with Crippen molar-refractivity contribution < 1.29 is 9.53 Å². The van der Waals surface area contributed by atoms with E-state index >= 15 is 0 Å². The summed E-state index contributed by atoms with van der Waals surface area (Å²) in [6.07, 6.45) is 1.16. The van der Waals surface area contributed by atoms with E-state index in [1.54, 1.807) is 0 Å². The first-order chi connectivity index (χ1) is 11.5. The smallest absolute Gasteiger partial charge is 0.261 e. The van der Waals surface area contributed by atoms with Crippen LogP contribution in [0.1, 0.15) is 49.9 Å². The Morgan fingerprint density at radius 3 is 2.33 bits per heavy atom. The highest BCUT2D eigenvalue weighted by Gasteiger charge is 2.21. The van der Waals surface area contributed by atoms with Crippen LogP contribution < -0.4 is 10.1 Å². The molecule has 3 heteroatoms. The summed E-state index contributed by atoms with van der Waals surface area (Å²) in [5.41, 5.74) is 3.44. The number of ether oxygens (including phenoxy) is 1. The van der Waals surface area contributed by atoms with Gasteiger partial charge in [-0.25, -0.2) is 0 Å². The number of hydrogen-bond acceptors (Lipinski definition) is 2. The number of rotatable bonds is 7. The Hall–Kier alpha value is -2.29. The fourth-order valence-electron chi connectivity index (χ4n) is 2.60. The average Bonchev–Trinajstić information content (AvgIpc) is 2.61. The molecule has 2 atom stereocenters. The molecule has 0 aliphatic carbocycles. The van der Waals surface area contributed by atoms with Crippen LogP contribution in [0.5, 0.6) is 5.75 Å². The third kappa shape index (κ3) is 4.60. The second kappa shape index (κ2) is 8.53. The van der Waals surface area contributed by atoms with Gasteiger partial charge in [0.2, 0.25) is 0 Å². The van der Waals surface area contributed by atoms with Crippen LogP contribution in [-0.4, -0.2) is 12.0 Å². The van der Waals surface area contributed by atoms with Crippen LogP contribution in [0.3, 0.4) is 0 Å². The molecule has 0 aliphatic rings. The summed E-state index contributed by atoms with van der Waals surface area (Å²) in [6.45, 7) is 8.08. The third-order valence-corrected chi connectivity index (χ3v) is 4.27. The topological polar surface area (TPSA) is 38.3 Å². The predicted octanol–water partition coefficient (Wildman–Crippen LogP) is 4.59. The van der Waals surface area contributed by atoms with Gasteiger partial charge in [-0.1, -0.05) is 56.3 Å². The van der Waals surface area contributed by atoms with Gasteiger partial charge in [0.15, 0.2) is 6.10 Å². The second-order valence-corrected chi connectivity index (χ2v) is 6.11. The minimum atomic E-state index is -0.483. The Bertz CT molecular complexity index is 664. The molecule has 2 aromatic rings. The highest BCUT2D eigenvalue weighted by atomic mass is 16.5. The van der Waals surface area contributed by atoms with Gasteiger partial charge in [0.05, 0.1) is 6.04 Å². The lowest BCUT2D eigenvalue weighted by Gasteiger charge is -2.21. The summed E-state index contributed by atoms with van der Waals surface area (Å²) >= 11 is 0. The molecule has 2 rings (SSSR count). The fourth-order valence-corrected chi connectivity index (χ4v) is 2.60. The molecule has 128 valence electrons. The van der Waals surface area contributed by atoms with Gasteiger partial charge in [-0.15, -0.1) is 0 Å². The molecule has 0 heterocycles. The number of para-hydroxylation sites is 1. The molecule has 3 nitrogen and oxygen atoms in total. The number of hydrogen-bond donors (Lipinski definition) is 1. The standard InChI is InChI=1S/C21H27NO2/c1-5-17-11-13-18(14-12-17)16(4)22-21(23)19(6-2)24-20-10-8-7-9-15(20)3/h7-14,16,19H,5-6H2,1-4H3,(H,22,23). The van der Waals surface area contributed by atoms with Crippen LogP contribution in [-0.2, 0) is 11.2 Å². The summed E-state index contributed by atoms with van der Waals surface area (Å²) < 4.78 is 5.92. The summed E-state index contributed by atoms with van der Waals surface area (Å²) in [5, 5.41) is 3.06. The van der Waals surface area contributed by atoms with Crippen molar-refractivity contribution in [1.29, 1.82) is 0 Å². The fraction of sp³-hybridized carbons (Fsp3) is 0.381. The van der Waals surface area contributed by atoms with Crippen molar-refractivity contribution in [2.75, 3.05) is 0 Å². The van der Waals surface area contributed by atoms with Crippen molar-refractivity contribution >= 4 is 5.91 Å². The highest BCUT2D eigenvalue weighted by molar-refractivity contribution is 5.81. The Morgan fingerprint density at radius 2 is 1.75 bits per heavy atom. The first-order valence-corrected chi connectivity index (χ1v) is 8.66. The zero-order chi connectivity index (χ0) is 17.5. The molecule has 0 aliphatic heterocycles. The molecule has 2 unspecified atom stereocenters. The quantitative estimate of drug-likeness (QED) is 0.808. The predicted molar refractivity (Wildman–Crippen MR) is 98.3 cm³/mol. The Morgan fingerprint density at radius 1 is 1.08 bits per heavy atom. The number of aryl methyl sites for hydroxylation is 2. The van der Waals surface area contributed by atoms with Crippen LogP contribution in [0.25, 0.3) is 0 Å². The van der Waals surface area contributed by atoms with Crippen LogP contribution in [0, 0.1) is 6.92 Å². The maximum atomic E-state index is 12.6. The van der Waals surface area contributed by atoms with E-state index < -0.39 is 6.10 Å². The maximum absolute atomic E-state index is 12.6. The molecule has 24 heavy (non-hydrogen) atoms. The van der Waals surface area contributed by atoms with Gasteiger partial charge in [0, 0.05) is 0 Å². The van der Waals surface area contributed by atoms with Crippen molar-refractivity contribution in [1.82, 2.24) is 5.32 Å². The average molecular weight is 325 g/mol. The second-order valence-electron chi connectivity index (χ2n) is 6.11. The van der Waals surface area contributed by atoms with Crippen molar-refractivity contribution in [2.45, 2.75) is 52.7 Å². The number of nitrogens with one attached hydrogen (secondary N) is 1. The van der Waals surface area contributed by atoms with Gasteiger partial charge in [-0.2, -0.15) is 0 Å². The van der Waals surface area contributed by atoms with E-state index in [2.05, 4.69) is 36.5 Å². The number of carbonyl (C=O) groups is 1. The zero-order valence-electron chi connectivity index (χ0n) is 15.0. The molecule has 0 spiro atoms.